The number of aliphatic hydroxyl groups is 1. The number of amides is 2. The van der Waals surface area contributed by atoms with Crippen molar-refractivity contribution in [1.82, 2.24) is 16.0 Å². The summed E-state index contributed by atoms with van der Waals surface area (Å²) in [6, 6.07) is 11.0. The second-order valence-corrected chi connectivity index (χ2v) is 11.8. The molecule has 214 valence electrons. The lowest BCUT2D eigenvalue weighted by atomic mass is 9.74. The number of aliphatic hydroxyl groups excluding tert-OH is 1. The van der Waals surface area contributed by atoms with Crippen LogP contribution in [0.2, 0.25) is 0 Å². The first-order valence-corrected chi connectivity index (χ1v) is 13.9. The lowest BCUT2D eigenvalue weighted by molar-refractivity contribution is -0.123. The first kappa shape index (κ1) is 30.7. The van der Waals surface area contributed by atoms with E-state index in [4.69, 9.17) is 0 Å². The van der Waals surface area contributed by atoms with Gasteiger partial charge in [0.15, 0.2) is 0 Å². The highest BCUT2D eigenvalue weighted by Crippen LogP contribution is 2.38. The van der Waals surface area contributed by atoms with Crippen molar-refractivity contribution in [2.24, 2.45) is 0 Å². The van der Waals surface area contributed by atoms with Crippen LogP contribution in [0, 0.1) is 11.6 Å². The minimum Gasteiger partial charge on any atom is -0.390 e. The normalized spacial score (nSPS) is 16.8. The average molecular weight is 544 g/mol. The maximum absolute atomic E-state index is 13.9. The molecule has 2 atom stereocenters. The molecule has 0 saturated heterocycles. The Morgan fingerprint density at radius 2 is 1.69 bits per heavy atom. The van der Waals surface area contributed by atoms with E-state index in [1.165, 1.54) is 30.2 Å². The summed E-state index contributed by atoms with van der Waals surface area (Å²) < 4.78 is 27.8. The van der Waals surface area contributed by atoms with Crippen molar-refractivity contribution in [2.45, 2.75) is 95.7 Å². The van der Waals surface area contributed by atoms with E-state index in [2.05, 4.69) is 61.0 Å². The van der Waals surface area contributed by atoms with Gasteiger partial charge in [-0.1, -0.05) is 64.3 Å². The van der Waals surface area contributed by atoms with Crippen LogP contribution >= 0.6 is 0 Å². The largest absolute Gasteiger partial charge is 0.390 e. The summed E-state index contributed by atoms with van der Waals surface area (Å²) in [6.07, 6.45) is 4.19. The second kappa shape index (κ2) is 13.5. The molecule has 2 aromatic carbocycles. The molecule has 0 aliphatic heterocycles. The molecule has 0 bridgehead atoms. The van der Waals surface area contributed by atoms with Crippen LogP contribution in [-0.2, 0) is 27.0 Å². The molecule has 0 heterocycles. The minimum atomic E-state index is -1.02. The van der Waals surface area contributed by atoms with Gasteiger partial charge in [-0.05, 0) is 53.5 Å². The topological polar surface area (TPSA) is 90.5 Å². The van der Waals surface area contributed by atoms with Crippen LogP contribution in [0.15, 0.2) is 42.5 Å². The molecule has 6 nitrogen and oxygen atoms in total. The van der Waals surface area contributed by atoms with Gasteiger partial charge in [0, 0.05) is 38.0 Å². The highest BCUT2D eigenvalue weighted by molar-refractivity contribution is 5.78. The van der Waals surface area contributed by atoms with Crippen molar-refractivity contribution in [1.29, 1.82) is 0 Å². The molecule has 2 amide bonds. The third-order valence-electron chi connectivity index (χ3n) is 7.55. The highest BCUT2D eigenvalue weighted by atomic mass is 19.1. The van der Waals surface area contributed by atoms with Gasteiger partial charge >= 0.3 is 0 Å². The number of carbonyl (C=O) groups is 2. The van der Waals surface area contributed by atoms with E-state index in [1.807, 2.05) is 0 Å². The number of hydrogen-bond donors (Lipinski definition) is 4. The van der Waals surface area contributed by atoms with Crippen LogP contribution in [0.1, 0.15) is 82.9 Å². The van der Waals surface area contributed by atoms with Gasteiger partial charge in [0.25, 0.3) is 0 Å². The third kappa shape index (κ3) is 9.11. The van der Waals surface area contributed by atoms with Crippen LogP contribution in [0.4, 0.5) is 8.78 Å². The Labute approximate surface area is 231 Å². The van der Waals surface area contributed by atoms with Gasteiger partial charge in [-0.2, -0.15) is 0 Å². The molecule has 4 N–H and O–H groups in total. The van der Waals surface area contributed by atoms with Crippen molar-refractivity contribution in [3.8, 4) is 0 Å². The van der Waals surface area contributed by atoms with Crippen molar-refractivity contribution in [2.75, 3.05) is 13.1 Å². The summed E-state index contributed by atoms with van der Waals surface area (Å²) >= 11 is 0. The molecule has 0 radical (unpaired) electrons. The van der Waals surface area contributed by atoms with Crippen molar-refractivity contribution in [3.05, 3.63) is 70.8 Å². The van der Waals surface area contributed by atoms with E-state index in [-0.39, 0.29) is 48.7 Å². The molecule has 1 fully saturated rings. The average Bonchev–Trinajstić information content (AvgIpc) is 2.86. The fourth-order valence-corrected chi connectivity index (χ4v) is 5.35. The van der Waals surface area contributed by atoms with Gasteiger partial charge in [0.05, 0.1) is 12.1 Å². The molecule has 39 heavy (non-hydrogen) atoms. The number of carbonyl (C=O) groups excluding carboxylic acids is 2. The Morgan fingerprint density at radius 3 is 2.31 bits per heavy atom. The highest BCUT2D eigenvalue weighted by Gasteiger charge is 2.35. The molecule has 8 heteroatoms. The molecule has 0 spiro atoms. The number of halogens is 2. The van der Waals surface area contributed by atoms with Gasteiger partial charge < -0.3 is 21.1 Å². The number of rotatable bonds is 11. The molecule has 0 aromatic heterocycles. The second-order valence-electron chi connectivity index (χ2n) is 11.8. The number of benzene rings is 2. The maximum Gasteiger partial charge on any atom is 0.222 e. The SMILES string of the molecule is CC(=O)NCCC(=O)NC(Cc1cc(F)cc(F)c1)[C@@H](O)CNC1(c2cccc(C(C)(C)C)c2)CCCCC1. The maximum atomic E-state index is 13.9. The molecular formula is C31H43F2N3O3. The molecule has 1 aliphatic carbocycles. The first-order chi connectivity index (χ1) is 18.4. The summed E-state index contributed by atoms with van der Waals surface area (Å²) in [4.78, 5) is 23.8. The summed E-state index contributed by atoms with van der Waals surface area (Å²) in [6.45, 7) is 8.27. The molecule has 1 aliphatic rings. The van der Waals surface area contributed by atoms with Gasteiger partial charge in [-0.15, -0.1) is 0 Å². The lowest BCUT2D eigenvalue weighted by Crippen LogP contribution is -2.53. The summed E-state index contributed by atoms with van der Waals surface area (Å²) in [5.74, 6) is -2.04. The van der Waals surface area contributed by atoms with E-state index in [1.54, 1.807) is 0 Å². The van der Waals surface area contributed by atoms with Gasteiger partial charge in [-0.3, -0.25) is 9.59 Å². The fourth-order valence-electron chi connectivity index (χ4n) is 5.35. The summed E-state index contributed by atoms with van der Waals surface area (Å²) in [5.41, 5.74) is 2.45. The molecular weight excluding hydrogens is 500 g/mol. The third-order valence-corrected chi connectivity index (χ3v) is 7.55. The van der Waals surface area contributed by atoms with Gasteiger partial charge in [0.2, 0.25) is 11.8 Å². The molecule has 1 saturated carbocycles. The number of nitrogens with one attached hydrogen (secondary N) is 3. The van der Waals surface area contributed by atoms with E-state index in [0.29, 0.717) is 5.56 Å². The zero-order valence-electron chi connectivity index (χ0n) is 23.6. The molecule has 3 rings (SSSR count). The minimum absolute atomic E-state index is 0.00175. The number of hydrogen-bond acceptors (Lipinski definition) is 4. The van der Waals surface area contributed by atoms with Crippen molar-refractivity contribution in [3.63, 3.8) is 0 Å². The monoisotopic (exact) mass is 543 g/mol. The van der Waals surface area contributed by atoms with Crippen molar-refractivity contribution >= 4 is 11.8 Å². The molecule has 2 aromatic rings. The van der Waals surface area contributed by atoms with Crippen LogP contribution in [0.3, 0.4) is 0 Å². The Hall–Kier alpha value is -2.84. The Bertz CT molecular complexity index is 1110. The Kier molecular flexibility index (Phi) is 10.6. The van der Waals surface area contributed by atoms with E-state index in [9.17, 15) is 23.5 Å². The zero-order chi connectivity index (χ0) is 28.6. The Balaban J connectivity index is 1.80. The first-order valence-electron chi connectivity index (χ1n) is 13.9. The predicted molar refractivity (Wildman–Crippen MR) is 149 cm³/mol. The van der Waals surface area contributed by atoms with Crippen LogP contribution < -0.4 is 16.0 Å². The summed E-state index contributed by atoms with van der Waals surface area (Å²) in [5, 5.41) is 20.4. The smallest absolute Gasteiger partial charge is 0.222 e. The molecule has 1 unspecified atom stereocenters. The quantitative estimate of drug-likeness (QED) is 0.333. The summed E-state index contributed by atoms with van der Waals surface area (Å²) in [7, 11) is 0. The van der Waals surface area contributed by atoms with E-state index >= 15 is 0 Å². The van der Waals surface area contributed by atoms with E-state index < -0.39 is 23.8 Å². The van der Waals surface area contributed by atoms with Crippen LogP contribution in [-0.4, -0.2) is 42.2 Å². The van der Waals surface area contributed by atoms with Crippen LogP contribution in [0.25, 0.3) is 0 Å². The van der Waals surface area contributed by atoms with Gasteiger partial charge in [-0.25, -0.2) is 8.78 Å². The Morgan fingerprint density at radius 1 is 1.03 bits per heavy atom. The standard InChI is InChI=1S/C31H43F2N3O3/c1-21(37)34-14-11-29(39)36-27(17-22-15-25(32)19-26(33)16-22)28(38)20-35-31(12-6-5-7-13-31)24-10-8-9-23(18-24)30(2,3)4/h8-10,15-16,18-19,27-28,35,38H,5-7,11-14,17,20H2,1-4H3,(H,34,37)(H,36,39)/t27?,28-/m0/s1. The van der Waals surface area contributed by atoms with Crippen LogP contribution in [0.5, 0.6) is 0 Å². The lowest BCUT2D eigenvalue weighted by Gasteiger charge is -2.41. The zero-order valence-corrected chi connectivity index (χ0v) is 23.6. The fraction of sp³-hybridized carbons (Fsp3) is 0.548. The van der Waals surface area contributed by atoms with Gasteiger partial charge in [0.1, 0.15) is 11.6 Å². The predicted octanol–water partition coefficient (Wildman–Crippen LogP) is 4.63. The van der Waals surface area contributed by atoms with E-state index in [0.717, 1.165) is 38.2 Å². The van der Waals surface area contributed by atoms with Crippen molar-refractivity contribution < 1.29 is 23.5 Å².